The molecule has 0 radical (unpaired) electrons. The Labute approximate surface area is 118 Å². The molecular weight excluding hydrogens is 288 g/mol. The first-order valence-electron chi connectivity index (χ1n) is 5.97. The van der Waals surface area contributed by atoms with Crippen LogP contribution in [-0.4, -0.2) is 52.1 Å². The van der Waals surface area contributed by atoms with Gasteiger partial charge in [0.1, 0.15) is 6.10 Å². The highest BCUT2D eigenvalue weighted by Gasteiger charge is 2.74. The summed E-state index contributed by atoms with van der Waals surface area (Å²) in [7, 11) is 0. The molecule has 1 aromatic heterocycles. The molecule has 2 aliphatic rings. The summed E-state index contributed by atoms with van der Waals surface area (Å²) in [6.07, 6.45) is 1.91. The maximum absolute atomic E-state index is 12.0. The molecule has 2 fully saturated rings. The number of hydrogen-bond acceptors (Lipinski definition) is 8. The number of furan rings is 1. The lowest BCUT2D eigenvalue weighted by Gasteiger charge is -2.31. The predicted molar refractivity (Wildman–Crippen MR) is 66.6 cm³/mol. The fourth-order valence-corrected chi connectivity index (χ4v) is 3.20. The van der Waals surface area contributed by atoms with Gasteiger partial charge in [-0.1, -0.05) is 0 Å². The molecule has 7 nitrogen and oxygen atoms in total. The van der Waals surface area contributed by atoms with Crippen molar-refractivity contribution in [2.45, 2.75) is 29.3 Å². The van der Waals surface area contributed by atoms with Crippen LogP contribution in [0, 0.1) is 0 Å². The van der Waals surface area contributed by atoms with Crippen molar-refractivity contribution in [2.24, 2.45) is 0 Å². The molecule has 3 rings (SSSR count). The van der Waals surface area contributed by atoms with E-state index in [1.54, 1.807) is 0 Å². The molecule has 0 saturated carbocycles. The zero-order valence-electron chi connectivity index (χ0n) is 10.6. The normalized spacial score (nSPS) is 39.9. The maximum Gasteiger partial charge on any atom is 0.349 e. The van der Waals surface area contributed by atoms with Gasteiger partial charge in [-0.15, -0.1) is 0 Å². The Morgan fingerprint density at radius 2 is 2.20 bits per heavy atom. The van der Waals surface area contributed by atoms with Crippen molar-refractivity contribution in [3.05, 3.63) is 23.7 Å². The van der Waals surface area contributed by atoms with Crippen LogP contribution in [0.25, 0.3) is 0 Å². The molecular formula is C12H14O7S. The van der Waals surface area contributed by atoms with Gasteiger partial charge in [0.05, 0.1) is 19.1 Å². The minimum absolute atomic E-state index is 0.0935. The molecule has 0 amide bonds. The van der Waals surface area contributed by atoms with Crippen molar-refractivity contribution in [3.63, 3.8) is 0 Å². The molecule has 8 heteroatoms. The largest absolute Gasteiger partial charge is 0.472 e. The number of aliphatic hydroxyl groups is 3. The molecule has 20 heavy (non-hydrogen) atoms. The fraction of sp³-hybridized carbons (Fsp3) is 0.583. The Balaban J connectivity index is 2.10. The quantitative estimate of drug-likeness (QED) is 0.631. The van der Waals surface area contributed by atoms with E-state index in [0.29, 0.717) is 11.3 Å². The number of hydrogen-bond donors (Lipinski definition) is 3. The third kappa shape index (κ3) is 1.54. The zero-order valence-corrected chi connectivity index (χ0v) is 11.4. The van der Waals surface area contributed by atoms with Gasteiger partial charge in [0, 0.05) is 16.9 Å². The molecule has 2 aliphatic heterocycles. The number of carbonyl (C=O) groups is 1. The molecule has 1 aromatic rings. The van der Waals surface area contributed by atoms with Gasteiger partial charge in [-0.2, -0.15) is 11.8 Å². The van der Waals surface area contributed by atoms with Crippen LogP contribution in [0.15, 0.2) is 16.9 Å². The SMILES string of the molecule is CSCc1cocc1[C@@]1(O)C(=O)O[C@@H]2[C@@H](O)CO[C@@]21O. The molecule has 0 aromatic carbocycles. The third-order valence-corrected chi connectivity index (χ3v) is 4.29. The van der Waals surface area contributed by atoms with Gasteiger partial charge in [0.25, 0.3) is 5.79 Å². The topological polar surface area (TPSA) is 109 Å². The lowest BCUT2D eigenvalue weighted by Crippen LogP contribution is -2.55. The smallest absolute Gasteiger partial charge is 0.349 e. The van der Waals surface area contributed by atoms with Crippen LogP contribution in [0.5, 0.6) is 0 Å². The maximum atomic E-state index is 12.0. The number of thioether (sulfide) groups is 1. The van der Waals surface area contributed by atoms with Gasteiger partial charge >= 0.3 is 5.97 Å². The van der Waals surface area contributed by atoms with Crippen LogP contribution in [0.4, 0.5) is 0 Å². The minimum Gasteiger partial charge on any atom is -0.472 e. The van der Waals surface area contributed by atoms with Gasteiger partial charge in [-0.3, -0.25) is 0 Å². The summed E-state index contributed by atoms with van der Waals surface area (Å²) in [6.45, 7) is -0.230. The highest BCUT2D eigenvalue weighted by molar-refractivity contribution is 7.97. The number of ether oxygens (including phenoxy) is 2. The highest BCUT2D eigenvalue weighted by atomic mass is 32.2. The van der Waals surface area contributed by atoms with Gasteiger partial charge in [0.15, 0.2) is 6.10 Å². The van der Waals surface area contributed by atoms with Crippen molar-refractivity contribution in [1.82, 2.24) is 0 Å². The lowest BCUT2D eigenvalue weighted by molar-refractivity contribution is -0.267. The van der Waals surface area contributed by atoms with E-state index in [1.165, 1.54) is 24.3 Å². The van der Waals surface area contributed by atoms with Crippen molar-refractivity contribution in [3.8, 4) is 0 Å². The molecule has 0 spiro atoms. The molecule has 0 unspecified atom stereocenters. The number of esters is 1. The Kier molecular flexibility index (Phi) is 3.11. The zero-order chi connectivity index (χ0) is 14.5. The summed E-state index contributed by atoms with van der Waals surface area (Å²) in [5.41, 5.74) is -1.76. The van der Waals surface area contributed by atoms with Crippen LogP contribution in [-0.2, 0) is 25.6 Å². The van der Waals surface area contributed by atoms with E-state index in [2.05, 4.69) is 0 Å². The summed E-state index contributed by atoms with van der Waals surface area (Å²) in [4.78, 5) is 12.0. The van der Waals surface area contributed by atoms with Crippen LogP contribution in [0.1, 0.15) is 11.1 Å². The average Bonchev–Trinajstić information content (AvgIpc) is 3.03. The first-order valence-corrected chi connectivity index (χ1v) is 7.37. The van der Waals surface area contributed by atoms with Gasteiger partial charge in [0.2, 0.25) is 5.60 Å². The second kappa shape index (κ2) is 4.47. The second-order valence-electron chi connectivity index (χ2n) is 4.85. The van der Waals surface area contributed by atoms with E-state index < -0.39 is 29.6 Å². The summed E-state index contributed by atoms with van der Waals surface area (Å²) >= 11 is 1.46. The molecule has 3 heterocycles. The van der Waals surface area contributed by atoms with Crippen molar-refractivity contribution < 1.29 is 34.0 Å². The molecule has 0 aliphatic carbocycles. The van der Waals surface area contributed by atoms with E-state index in [-0.39, 0.29) is 12.2 Å². The first kappa shape index (κ1) is 13.9. The van der Waals surface area contributed by atoms with Gasteiger partial charge < -0.3 is 29.2 Å². The fourth-order valence-electron chi connectivity index (χ4n) is 2.67. The summed E-state index contributed by atoms with van der Waals surface area (Å²) in [6, 6.07) is 0. The van der Waals surface area contributed by atoms with E-state index in [1.807, 2.05) is 6.26 Å². The Morgan fingerprint density at radius 1 is 1.45 bits per heavy atom. The number of aliphatic hydroxyl groups excluding tert-OH is 1. The van der Waals surface area contributed by atoms with E-state index in [4.69, 9.17) is 13.9 Å². The van der Waals surface area contributed by atoms with Crippen molar-refractivity contribution in [1.29, 1.82) is 0 Å². The predicted octanol–water partition coefficient (Wildman–Crippen LogP) is -0.665. The van der Waals surface area contributed by atoms with Crippen LogP contribution in [0.2, 0.25) is 0 Å². The minimum atomic E-state index is -2.41. The Bertz CT molecular complexity index is 544. The molecule has 4 atom stereocenters. The van der Waals surface area contributed by atoms with E-state index in [9.17, 15) is 20.1 Å². The number of carbonyl (C=O) groups excluding carboxylic acids is 1. The summed E-state index contributed by atoms with van der Waals surface area (Å²) in [5.74, 6) is -2.90. The Hall–Kier alpha value is -1.06. The number of fused-ring (bicyclic) bond motifs is 1. The molecule has 3 N–H and O–H groups in total. The molecule has 2 saturated heterocycles. The Morgan fingerprint density at radius 3 is 2.90 bits per heavy atom. The first-order chi connectivity index (χ1) is 9.45. The lowest BCUT2D eigenvalue weighted by atomic mass is 9.84. The van der Waals surface area contributed by atoms with E-state index >= 15 is 0 Å². The van der Waals surface area contributed by atoms with Gasteiger partial charge in [-0.05, 0) is 6.26 Å². The van der Waals surface area contributed by atoms with E-state index in [0.717, 1.165) is 0 Å². The summed E-state index contributed by atoms with van der Waals surface area (Å²) in [5, 5.41) is 31.0. The van der Waals surface area contributed by atoms with Crippen LogP contribution >= 0.6 is 11.8 Å². The second-order valence-corrected chi connectivity index (χ2v) is 5.72. The van der Waals surface area contributed by atoms with Crippen LogP contribution in [0.3, 0.4) is 0 Å². The monoisotopic (exact) mass is 302 g/mol. The third-order valence-electron chi connectivity index (χ3n) is 3.69. The number of rotatable bonds is 3. The average molecular weight is 302 g/mol. The van der Waals surface area contributed by atoms with Crippen molar-refractivity contribution >= 4 is 17.7 Å². The molecule has 0 bridgehead atoms. The van der Waals surface area contributed by atoms with Crippen molar-refractivity contribution in [2.75, 3.05) is 12.9 Å². The molecule has 110 valence electrons. The van der Waals surface area contributed by atoms with Gasteiger partial charge in [-0.25, -0.2) is 4.79 Å². The highest BCUT2D eigenvalue weighted by Crippen LogP contribution is 2.49. The van der Waals surface area contributed by atoms with Crippen LogP contribution < -0.4 is 0 Å². The summed E-state index contributed by atoms with van der Waals surface area (Å²) < 4.78 is 15.0. The standard InChI is InChI=1S/C12H14O7S/c1-20-5-6-2-17-3-7(6)11(15)10(14)19-9-8(13)4-18-12(9,11)16/h2-3,8-9,13,15-16H,4-5H2,1H3/t8-,9+,11+,12-/m0/s1.